The van der Waals surface area contributed by atoms with Gasteiger partial charge < -0.3 is 20.1 Å². The first-order valence-corrected chi connectivity index (χ1v) is 13.3. The number of benzene rings is 1. The molecule has 0 heterocycles. The van der Waals surface area contributed by atoms with Crippen LogP contribution in [-0.2, 0) is 19.5 Å². The summed E-state index contributed by atoms with van der Waals surface area (Å²) in [7, 11) is -3.77. The van der Waals surface area contributed by atoms with Gasteiger partial charge in [0.1, 0.15) is 10.5 Å². The SMILES string of the molecule is CC(C)C[C@@H](CNC(=O)OCCCCNS(=O)(=O)c1ccc(Cl)cc1Cl)NC(=O)OC(C)(C)C. The van der Waals surface area contributed by atoms with Gasteiger partial charge in [-0.1, -0.05) is 37.0 Å². The fourth-order valence-corrected chi connectivity index (χ4v) is 4.71. The molecule has 0 unspecified atom stereocenters. The highest BCUT2D eigenvalue weighted by atomic mass is 35.5. The number of carbonyl (C=O) groups excluding carboxylic acids is 2. The summed E-state index contributed by atoms with van der Waals surface area (Å²) in [4.78, 5) is 23.9. The van der Waals surface area contributed by atoms with E-state index in [1.807, 2.05) is 13.8 Å². The number of hydrogen-bond acceptors (Lipinski definition) is 6. The molecule has 0 saturated carbocycles. The fourth-order valence-electron chi connectivity index (χ4n) is 2.86. The van der Waals surface area contributed by atoms with Crippen LogP contribution in [0.2, 0.25) is 10.0 Å². The molecule has 0 aromatic heterocycles. The number of amides is 2. The van der Waals surface area contributed by atoms with E-state index in [0.717, 1.165) is 0 Å². The molecule has 0 bridgehead atoms. The average molecular weight is 541 g/mol. The van der Waals surface area contributed by atoms with Crippen LogP contribution in [0.15, 0.2) is 23.1 Å². The molecule has 0 aliphatic heterocycles. The molecule has 1 rings (SSSR count). The number of alkyl carbamates (subject to hydrolysis) is 2. The Bertz CT molecular complexity index is 920. The van der Waals surface area contributed by atoms with Gasteiger partial charge in [-0.05, 0) is 64.2 Å². The van der Waals surface area contributed by atoms with E-state index in [-0.39, 0.29) is 35.7 Å². The highest BCUT2D eigenvalue weighted by Gasteiger charge is 2.21. The van der Waals surface area contributed by atoms with Crippen LogP contribution in [0.4, 0.5) is 9.59 Å². The lowest BCUT2D eigenvalue weighted by atomic mass is 10.0. The Hall–Kier alpha value is -1.75. The largest absolute Gasteiger partial charge is 0.450 e. The molecule has 1 aromatic carbocycles. The second-order valence-corrected chi connectivity index (χ2v) is 11.7. The third-order valence-electron chi connectivity index (χ3n) is 4.25. The van der Waals surface area contributed by atoms with Crippen LogP contribution in [0.3, 0.4) is 0 Å². The molecule has 0 saturated heterocycles. The number of hydrogen-bond donors (Lipinski definition) is 3. The summed E-state index contributed by atoms with van der Waals surface area (Å²) in [6.07, 6.45) is 0.394. The smallest absolute Gasteiger partial charge is 0.407 e. The van der Waals surface area contributed by atoms with Gasteiger partial charge in [-0.2, -0.15) is 0 Å². The van der Waals surface area contributed by atoms with Gasteiger partial charge >= 0.3 is 12.2 Å². The standard InChI is InChI=1S/C22H35Cl2N3O6S/c1-15(2)12-17(27-21(29)33-22(3,4)5)14-25-20(28)32-11-7-6-10-26-34(30,31)19-9-8-16(23)13-18(19)24/h8-9,13,15,17,26H,6-7,10-12,14H2,1-5H3,(H,25,28)(H,27,29)/t17-/m0/s1. The Kier molecular flexibility index (Phi) is 12.4. The first-order chi connectivity index (χ1) is 15.7. The molecule has 9 nitrogen and oxygen atoms in total. The average Bonchev–Trinajstić information content (AvgIpc) is 2.66. The van der Waals surface area contributed by atoms with Crippen LogP contribution in [-0.4, -0.2) is 51.9 Å². The summed E-state index contributed by atoms with van der Waals surface area (Å²) in [5.41, 5.74) is -0.617. The predicted octanol–water partition coefficient (Wildman–Crippen LogP) is 4.72. The number of carbonyl (C=O) groups is 2. The minimum atomic E-state index is -3.77. The Morgan fingerprint density at radius 3 is 2.35 bits per heavy atom. The second kappa shape index (κ2) is 14.0. The fraction of sp³-hybridized carbons (Fsp3) is 0.636. The zero-order valence-corrected chi connectivity index (χ0v) is 22.6. The molecular weight excluding hydrogens is 505 g/mol. The normalized spacial score (nSPS) is 12.8. The quantitative estimate of drug-likeness (QED) is 0.330. The summed E-state index contributed by atoms with van der Waals surface area (Å²) in [6, 6.07) is 3.84. The molecule has 0 fully saturated rings. The molecule has 0 aliphatic carbocycles. The number of rotatable bonds is 12. The lowest BCUT2D eigenvalue weighted by molar-refractivity contribution is 0.0496. The van der Waals surface area contributed by atoms with Crippen LogP contribution in [0.25, 0.3) is 0 Å². The maximum Gasteiger partial charge on any atom is 0.407 e. The third kappa shape index (κ3) is 12.6. The zero-order valence-electron chi connectivity index (χ0n) is 20.2. The molecule has 0 radical (unpaired) electrons. The van der Waals surface area contributed by atoms with Crippen LogP contribution in [0.5, 0.6) is 0 Å². The summed E-state index contributed by atoms with van der Waals surface area (Å²) in [5.74, 6) is 0.296. The molecule has 34 heavy (non-hydrogen) atoms. The summed E-state index contributed by atoms with van der Waals surface area (Å²) < 4.78 is 37.5. The maximum absolute atomic E-state index is 12.3. The van der Waals surface area contributed by atoms with Crippen LogP contribution in [0.1, 0.15) is 53.9 Å². The Labute approximate surface area is 212 Å². The molecule has 1 aromatic rings. The number of nitrogens with one attached hydrogen (secondary N) is 3. The molecule has 2 amide bonds. The highest BCUT2D eigenvalue weighted by molar-refractivity contribution is 7.89. The minimum Gasteiger partial charge on any atom is -0.450 e. The van der Waals surface area contributed by atoms with E-state index in [4.69, 9.17) is 32.7 Å². The van der Waals surface area contributed by atoms with Crippen LogP contribution < -0.4 is 15.4 Å². The third-order valence-corrected chi connectivity index (χ3v) is 6.43. The van der Waals surface area contributed by atoms with Crippen molar-refractivity contribution in [1.82, 2.24) is 15.4 Å². The molecule has 1 atom stereocenters. The van der Waals surface area contributed by atoms with E-state index in [2.05, 4.69) is 15.4 Å². The summed E-state index contributed by atoms with van der Waals surface area (Å²) >= 11 is 11.7. The number of halogens is 2. The Morgan fingerprint density at radius 1 is 1.09 bits per heavy atom. The lowest BCUT2D eigenvalue weighted by Gasteiger charge is -2.24. The van der Waals surface area contributed by atoms with Gasteiger partial charge in [-0.3, -0.25) is 0 Å². The minimum absolute atomic E-state index is 0.0388. The summed E-state index contributed by atoms with van der Waals surface area (Å²) in [5, 5.41) is 5.78. The van der Waals surface area contributed by atoms with Crippen molar-refractivity contribution in [3.63, 3.8) is 0 Å². The molecule has 3 N–H and O–H groups in total. The zero-order chi connectivity index (χ0) is 25.9. The summed E-state index contributed by atoms with van der Waals surface area (Å²) in [6.45, 7) is 9.81. The van der Waals surface area contributed by atoms with Gasteiger partial charge in [-0.15, -0.1) is 0 Å². The number of unbranched alkanes of at least 4 members (excludes halogenated alkanes) is 1. The molecule has 0 spiro atoms. The van der Waals surface area contributed by atoms with Gasteiger partial charge in [-0.25, -0.2) is 22.7 Å². The molecular formula is C22H35Cl2N3O6S. The molecule has 0 aliphatic rings. The van der Waals surface area contributed by atoms with E-state index >= 15 is 0 Å². The maximum atomic E-state index is 12.3. The topological polar surface area (TPSA) is 123 Å². The predicted molar refractivity (Wildman–Crippen MR) is 133 cm³/mol. The van der Waals surface area contributed by atoms with E-state index in [1.54, 1.807) is 20.8 Å². The van der Waals surface area contributed by atoms with E-state index < -0.39 is 27.8 Å². The van der Waals surface area contributed by atoms with Crippen molar-refractivity contribution in [2.24, 2.45) is 5.92 Å². The van der Waals surface area contributed by atoms with Gasteiger partial charge in [0.2, 0.25) is 10.0 Å². The molecule has 12 heteroatoms. The van der Waals surface area contributed by atoms with E-state index in [0.29, 0.717) is 30.2 Å². The van der Waals surface area contributed by atoms with Crippen LogP contribution >= 0.6 is 23.2 Å². The highest BCUT2D eigenvalue weighted by Crippen LogP contribution is 2.24. The van der Waals surface area contributed by atoms with Gasteiger partial charge in [0.05, 0.1) is 11.6 Å². The van der Waals surface area contributed by atoms with Crippen molar-refractivity contribution < 1.29 is 27.5 Å². The van der Waals surface area contributed by atoms with E-state index in [1.165, 1.54) is 18.2 Å². The van der Waals surface area contributed by atoms with Gasteiger partial charge in [0.25, 0.3) is 0 Å². The first-order valence-electron chi connectivity index (χ1n) is 11.0. The number of ether oxygens (including phenoxy) is 2. The van der Waals surface area contributed by atoms with Crippen molar-refractivity contribution in [2.45, 2.75) is 70.4 Å². The monoisotopic (exact) mass is 539 g/mol. The van der Waals surface area contributed by atoms with Gasteiger partial charge in [0.15, 0.2) is 0 Å². The van der Waals surface area contributed by atoms with Crippen molar-refractivity contribution in [3.05, 3.63) is 28.2 Å². The van der Waals surface area contributed by atoms with Crippen LogP contribution in [0, 0.1) is 5.92 Å². The number of sulfonamides is 1. The first kappa shape index (κ1) is 30.3. The van der Waals surface area contributed by atoms with Gasteiger partial charge in [0, 0.05) is 24.2 Å². The Morgan fingerprint density at radius 2 is 1.76 bits per heavy atom. The molecule has 194 valence electrons. The lowest BCUT2D eigenvalue weighted by Crippen LogP contribution is -2.46. The Balaban J connectivity index is 2.34. The van der Waals surface area contributed by atoms with Crippen molar-refractivity contribution in [2.75, 3.05) is 19.7 Å². The van der Waals surface area contributed by atoms with Crippen molar-refractivity contribution in [1.29, 1.82) is 0 Å². The second-order valence-electron chi connectivity index (χ2n) is 9.17. The van der Waals surface area contributed by atoms with Crippen molar-refractivity contribution in [3.8, 4) is 0 Å². The van der Waals surface area contributed by atoms with E-state index in [9.17, 15) is 18.0 Å². The van der Waals surface area contributed by atoms with Crippen molar-refractivity contribution >= 4 is 45.4 Å².